The standard InChI is InChI=1S/C9H6F4O/c1-4-6(10)3-2-5(7(4)11)8(14)9(12)13/h2-3,9H,1H3. The second-order valence-corrected chi connectivity index (χ2v) is 2.70. The summed E-state index contributed by atoms with van der Waals surface area (Å²) in [6.07, 6.45) is -3.28. The molecule has 0 aliphatic carbocycles. The van der Waals surface area contributed by atoms with Crippen molar-refractivity contribution >= 4 is 5.78 Å². The van der Waals surface area contributed by atoms with Gasteiger partial charge >= 0.3 is 6.43 Å². The molecule has 5 heteroatoms. The number of halogens is 4. The smallest absolute Gasteiger partial charge is 0.288 e. The van der Waals surface area contributed by atoms with Crippen LogP contribution in [-0.2, 0) is 0 Å². The molecule has 0 saturated heterocycles. The van der Waals surface area contributed by atoms with Gasteiger partial charge < -0.3 is 0 Å². The average Bonchev–Trinajstić information content (AvgIpc) is 2.13. The molecule has 0 aliphatic rings. The predicted octanol–water partition coefficient (Wildman–Crippen LogP) is 2.72. The summed E-state index contributed by atoms with van der Waals surface area (Å²) in [5, 5.41) is 0. The van der Waals surface area contributed by atoms with E-state index in [0.29, 0.717) is 6.07 Å². The molecule has 1 aromatic carbocycles. The summed E-state index contributed by atoms with van der Waals surface area (Å²) in [4.78, 5) is 10.7. The molecule has 0 N–H and O–H groups in total. The molecule has 1 nitrogen and oxygen atoms in total. The lowest BCUT2D eigenvalue weighted by Crippen LogP contribution is -2.13. The molecular weight excluding hydrogens is 200 g/mol. The molecule has 0 spiro atoms. The first kappa shape index (κ1) is 10.7. The molecule has 14 heavy (non-hydrogen) atoms. The van der Waals surface area contributed by atoms with Crippen molar-refractivity contribution in [2.24, 2.45) is 0 Å². The molecule has 0 aromatic heterocycles. The Morgan fingerprint density at radius 2 is 1.86 bits per heavy atom. The van der Waals surface area contributed by atoms with Crippen LogP contribution in [0.1, 0.15) is 15.9 Å². The van der Waals surface area contributed by atoms with Crippen molar-refractivity contribution in [2.75, 3.05) is 0 Å². The highest BCUT2D eigenvalue weighted by Gasteiger charge is 2.23. The Balaban J connectivity index is 3.24. The summed E-state index contributed by atoms with van der Waals surface area (Å²) in [5.74, 6) is -3.73. The van der Waals surface area contributed by atoms with Crippen LogP contribution >= 0.6 is 0 Å². The molecule has 1 rings (SSSR count). The topological polar surface area (TPSA) is 17.1 Å². The fourth-order valence-corrected chi connectivity index (χ4v) is 0.969. The van der Waals surface area contributed by atoms with Crippen LogP contribution in [0.4, 0.5) is 17.6 Å². The molecule has 0 saturated carbocycles. The van der Waals surface area contributed by atoms with Crippen molar-refractivity contribution in [3.05, 3.63) is 34.9 Å². The third kappa shape index (κ3) is 1.76. The van der Waals surface area contributed by atoms with E-state index in [-0.39, 0.29) is 0 Å². The van der Waals surface area contributed by atoms with Gasteiger partial charge in [-0.05, 0) is 19.1 Å². The van der Waals surface area contributed by atoms with E-state index in [4.69, 9.17) is 0 Å². The van der Waals surface area contributed by atoms with Gasteiger partial charge in [-0.15, -0.1) is 0 Å². The van der Waals surface area contributed by atoms with Gasteiger partial charge in [0.15, 0.2) is 0 Å². The molecule has 0 amide bonds. The maximum absolute atomic E-state index is 13.1. The van der Waals surface area contributed by atoms with Crippen molar-refractivity contribution in [1.82, 2.24) is 0 Å². The van der Waals surface area contributed by atoms with Gasteiger partial charge in [-0.3, -0.25) is 4.79 Å². The lowest BCUT2D eigenvalue weighted by atomic mass is 10.1. The second kappa shape index (κ2) is 3.77. The van der Waals surface area contributed by atoms with E-state index < -0.39 is 35.0 Å². The maximum Gasteiger partial charge on any atom is 0.300 e. The number of ketones is 1. The van der Waals surface area contributed by atoms with E-state index in [9.17, 15) is 22.4 Å². The first-order valence-electron chi connectivity index (χ1n) is 3.72. The Morgan fingerprint density at radius 1 is 1.29 bits per heavy atom. The summed E-state index contributed by atoms with van der Waals surface area (Å²) >= 11 is 0. The van der Waals surface area contributed by atoms with Crippen molar-refractivity contribution in [3.8, 4) is 0 Å². The molecule has 0 unspecified atom stereocenters. The van der Waals surface area contributed by atoms with Gasteiger partial charge in [-0.25, -0.2) is 17.6 Å². The van der Waals surface area contributed by atoms with Gasteiger partial charge in [-0.2, -0.15) is 0 Å². The zero-order valence-corrected chi connectivity index (χ0v) is 7.15. The lowest BCUT2D eigenvalue weighted by Gasteiger charge is -2.04. The van der Waals surface area contributed by atoms with E-state index in [1.807, 2.05) is 0 Å². The predicted molar refractivity (Wildman–Crippen MR) is 41.4 cm³/mol. The third-order valence-corrected chi connectivity index (χ3v) is 1.78. The minimum atomic E-state index is -3.28. The van der Waals surface area contributed by atoms with Gasteiger partial charge in [0, 0.05) is 5.56 Å². The number of carbonyl (C=O) groups is 1. The van der Waals surface area contributed by atoms with Crippen LogP contribution in [0, 0.1) is 18.6 Å². The van der Waals surface area contributed by atoms with Crippen LogP contribution in [0.25, 0.3) is 0 Å². The number of Topliss-reactive ketones (excluding diaryl/α,β-unsaturated/α-hetero) is 1. The molecule has 0 fully saturated rings. The van der Waals surface area contributed by atoms with Crippen molar-refractivity contribution in [3.63, 3.8) is 0 Å². The van der Waals surface area contributed by atoms with Gasteiger partial charge in [0.1, 0.15) is 11.6 Å². The normalized spacial score (nSPS) is 10.7. The van der Waals surface area contributed by atoms with E-state index in [2.05, 4.69) is 0 Å². The number of benzene rings is 1. The summed E-state index contributed by atoms with van der Waals surface area (Å²) < 4.78 is 49.6. The Bertz CT molecular complexity index is 373. The first-order chi connectivity index (χ1) is 6.45. The Morgan fingerprint density at radius 3 is 2.36 bits per heavy atom. The molecule has 0 radical (unpaired) electrons. The van der Waals surface area contributed by atoms with Crippen LogP contribution in [0.5, 0.6) is 0 Å². The Labute approximate surface area is 77.3 Å². The number of hydrogen-bond donors (Lipinski definition) is 0. The molecule has 0 bridgehead atoms. The fraction of sp³-hybridized carbons (Fsp3) is 0.222. The number of hydrogen-bond acceptors (Lipinski definition) is 1. The van der Waals surface area contributed by atoms with Crippen LogP contribution in [0.3, 0.4) is 0 Å². The summed E-state index contributed by atoms with van der Waals surface area (Å²) in [6, 6.07) is 1.50. The van der Waals surface area contributed by atoms with Gasteiger partial charge in [0.2, 0.25) is 5.78 Å². The van der Waals surface area contributed by atoms with E-state index in [1.54, 1.807) is 0 Å². The van der Waals surface area contributed by atoms with Crippen LogP contribution in [0.15, 0.2) is 12.1 Å². The van der Waals surface area contributed by atoms with Gasteiger partial charge in [0.25, 0.3) is 0 Å². The van der Waals surface area contributed by atoms with E-state index >= 15 is 0 Å². The molecular formula is C9H6F4O. The quantitative estimate of drug-likeness (QED) is 0.537. The van der Waals surface area contributed by atoms with Crippen molar-refractivity contribution in [2.45, 2.75) is 13.3 Å². The minimum absolute atomic E-state index is 0.434. The zero-order valence-electron chi connectivity index (χ0n) is 7.15. The largest absolute Gasteiger partial charge is 0.300 e. The maximum atomic E-state index is 13.1. The third-order valence-electron chi connectivity index (χ3n) is 1.78. The minimum Gasteiger partial charge on any atom is -0.288 e. The Hall–Kier alpha value is -1.39. The number of carbonyl (C=O) groups excluding carboxylic acids is 1. The van der Waals surface area contributed by atoms with E-state index in [1.165, 1.54) is 0 Å². The molecule has 0 atom stereocenters. The van der Waals surface area contributed by atoms with Crippen LogP contribution < -0.4 is 0 Å². The summed E-state index contributed by atoms with van der Waals surface area (Å²) in [7, 11) is 0. The highest BCUT2D eigenvalue weighted by atomic mass is 19.3. The lowest BCUT2D eigenvalue weighted by molar-refractivity contribution is 0.0674. The average molecular weight is 206 g/mol. The fourth-order valence-electron chi connectivity index (χ4n) is 0.969. The zero-order chi connectivity index (χ0) is 10.9. The SMILES string of the molecule is Cc1c(F)ccc(C(=O)C(F)F)c1F. The van der Waals surface area contributed by atoms with Crippen molar-refractivity contribution < 1.29 is 22.4 Å². The molecule has 0 heterocycles. The molecule has 76 valence electrons. The summed E-state index contributed by atoms with van der Waals surface area (Å²) in [5.41, 5.74) is -1.21. The highest BCUT2D eigenvalue weighted by molar-refractivity contribution is 5.98. The van der Waals surface area contributed by atoms with Crippen LogP contribution in [0.2, 0.25) is 0 Å². The molecule has 1 aromatic rings. The summed E-state index contributed by atoms with van der Waals surface area (Å²) in [6.45, 7) is 1.08. The molecule has 0 aliphatic heterocycles. The highest BCUT2D eigenvalue weighted by Crippen LogP contribution is 2.18. The number of alkyl halides is 2. The second-order valence-electron chi connectivity index (χ2n) is 2.70. The monoisotopic (exact) mass is 206 g/mol. The van der Waals surface area contributed by atoms with Gasteiger partial charge in [0.05, 0.1) is 5.56 Å². The van der Waals surface area contributed by atoms with Crippen molar-refractivity contribution in [1.29, 1.82) is 0 Å². The Kier molecular flexibility index (Phi) is 2.88. The first-order valence-corrected chi connectivity index (χ1v) is 3.72. The van der Waals surface area contributed by atoms with Gasteiger partial charge in [-0.1, -0.05) is 0 Å². The number of rotatable bonds is 2. The van der Waals surface area contributed by atoms with E-state index in [0.717, 1.165) is 13.0 Å². The van der Waals surface area contributed by atoms with Crippen LogP contribution in [-0.4, -0.2) is 12.2 Å².